The maximum atomic E-state index is 13.2. The Morgan fingerprint density at radius 1 is 1.17 bits per heavy atom. The van der Waals surface area contributed by atoms with Crippen LogP contribution in [0.2, 0.25) is 0 Å². The molecule has 1 fully saturated rings. The van der Waals surface area contributed by atoms with Gasteiger partial charge in [-0.15, -0.1) is 10.2 Å². The van der Waals surface area contributed by atoms with Gasteiger partial charge in [0.2, 0.25) is 12.3 Å². The molecular weight excluding hydrogens is 394 g/mol. The molecule has 0 saturated heterocycles. The van der Waals surface area contributed by atoms with Gasteiger partial charge in [-0.3, -0.25) is 4.68 Å². The van der Waals surface area contributed by atoms with Crippen LogP contribution in [0.4, 0.5) is 8.78 Å². The summed E-state index contributed by atoms with van der Waals surface area (Å²) < 4.78 is 38.4. The summed E-state index contributed by atoms with van der Waals surface area (Å²) >= 11 is 0. The molecular formula is C20H18F2N6O2. The first kappa shape index (κ1) is 19.7. The van der Waals surface area contributed by atoms with Crippen LogP contribution in [-0.2, 0) is 7.05 Å². The lowest BCUT2D eigenvalue weighted by molar-refractivity contribution is 0.120. The van der Waals surface area contributed by atoms with E-state index in [9.17, 15) is 8.78 Å². The van der Waals surface area contributed by atoms with Gasteiger partial charge in [0.15, 0.2) is 0 Å². The lowest BCUT2D eigenvalue weighted by Crippen LogP contribution is -2.03. The Kier molecular flexibility index (Phi) is 5.27. The van der Waals surface area contributed by atoms with E-state index in [1.54, 1.807) is 30.2 Å². The molecule has 1 saturated carbocycles. The van der Waals surface area contributed by atoms with E-state index in [1.807, 2.05) is 0 Å². The van der Waals surface area contributed by atoms with E-state index < -0.39 is 12.3 Å². The summed E-state index contributed by atoms with van der Waals surface area (Å²) in [7, 11) is 4.69. The van der Waals surface area contributed by atoms with Gasteiger partial charge in [-0.2, -0.15) is 10.1 Å². The molecule has 1 aliphatic rings. The Hall–Kier alpha value is -3.61. The molecule has 1 unspecified atom stereocenters. The molecule has 154 valence electrons. The Balaban J connectivity index is 1.76. The lowest BCUT2D eigenvalue weighted by atomic mass is 10.0. The highest BCUT2D eigenvalue weighted by molar-refractivity contribution is 5.65. The van der Waals surface area contributed by atoms with Crippen LogP contribution in [0, 0.1) is 17.8 Å². The van der Waals surface area contributed by atoms with Gasteiger partial charge in [0, 0.05) is 25.4 Å². The largest absolute Gasteiger partial charge is 0.480 e. The number of hydrogen-bond acceptors (Lipinski definition) is 7. The molecule has 3 heterocycles. The van der Waals surface area contributed by atoms with Crippen molar-refractivity contribution < 1.29 is 18.3 Å². The fourth-order valence-corrected chi connectivity index (χ4v) is 3.17. The normalized spacial score (nSPS) is 17.4. The Labute approximate surface area is 171 Å². The van der Waals surface area contributed by atoms with E-state index in [0.29, 0.717) is 34.5 Å². The average Bonchev–Trinajstić information content (AvgIpc) is 3.46. The maximum absolute atomic E-state index is 13.2. The monoisotopic (exact) mass is 412 g/mol. The predicted octanol–water partition coefficient (Wildman–Crippen LogP) is 2.45. The minimum absolute atomic E-state index is 0.141. The highest BCUT2D eigenvalue weighted by atomic mass is 19.3. The summed E-state index contributed by atoms with van der Waals surface area (Å²) in [6.45, 7) is 0. The molecule has 4 rings (SSSR count). The molecule has 0 bridgehead atoms. The summed E-state index contributed by atoms with van der Waals surface area (Å²) in [5.41, 5.74) is 2.58. The van der Waals surface area contributed by atoms with Crippen molar-refractivity contribution in [3.05, 3.63) is 41.5 Å². The molecule has 2 atom stereocenters. The molecule has 0 aliphatic heterocycles. The number of rotatable bonds is 5. The van der Waals surface area contributed by atoms with E-state index in [-0.39, 0.29) is 17.8 Å². The molecule has 0 radical (unpaired) electrons. The van der Waals surface area contributed by atoms with E-state index in [2.05, 4.69) is 37.1 Å². The van der Waals surface area contributed by atoms with Crippen molar-refractivity contribution in [3.8, 4) is 35.0 Å². The summed E-state index contributed by atoms with van der Waals surface area (Å²) in [6, 6.07) is 1.85. The van der Waals surface area contributed by atoms with E-state index in [1.165, 1.54) is 20.4 Å². The fourth-order valence-electron chi connectivity index (χ4n) is 3.17. The topological polar surface area (TPSA) is 87.8 Å². The molecule has 0 N–H and O–H groups in total. The number of ether oxygens (including phenoxy) is 2. The number of nitrogens with zero attached hydrogens (tertiary/aromatic N) is 6. The van der Waals surface area contributed by atoms with Crippen molar-refractivity contribution in [2.45, 2.75) is 18.8 Å². The van der Waals surface area contributed by atoms with Crippen LogP contribution in [0.25, 0.3) is 11.3 Å². The fraction of sp³-hybridized carbons (Fsp3) is 0.350. The third-order valence-electron chi connectivity index (χ3n) is 4.80. The second-order valence-corrected chi connectivity index (χ2v) is 6.81. The number of aromatic nitrogens is 6. The zero-order valence-electron chi connectivity index (χ0n) is 16.5. The van der Waals surface area contributed by atoms with Crippen molar-refractivity contribution in [2.75, 3.05) is 14.2 Å². The molecule has 3 aromatic heterocycles. The van der Waals surface area contributed by atoms with Crippen LogP contribution in [0.15, 0.2) is 24.7 Å². The van der Waals surface area contributed by atoms with Crippen molar-refractivity contribution in [3.63, 3.8) is 0 Å². The number of alkyl halides is 2. The highest BCUT2D eigenvalue weighted by Gasteiger charge is 2.46. The second-order valence-electron chi connectivity index (χ2n) is 6.81. The Morgan fingerprint density at radius 3 is 2.63 bits per heavy atom. The van der Waals surface area contributed by atoms with Crippen molar-refractivity contribution in [1.82, 2.24) is 29.9 Å². The first-order valence-corrected chi connectivity index (χ1v) is 9.12. The van der Waals surface area contributed by atoms with Crippen molar-refractivity contribution >= 4 is 0 Å². The van der Waals surface area contributed by atoms with Crippen LogP contribution in [0.1, 0.15) is 29.2 Å². The summed E-state index contributed by atoms with van der Waals surface area (Å²) in [4.78, 5) is 8.22. The predicted molar refractivity (Wildman–Crippen MR) is 102 cm³/mol. The number of hydrogen-bond donors (Lipinski definition) is 0. The Morgan fingerprint density at radius 2 is 2.00 bits per heavy atom. The lowest BCUT2D eigenvalue weighted by Gasteiger charge is -2.10. The number of methoxy groups -OCH3 is 2. The van der Waals surface area contributed by atoms with Crippen LogP contribution in [0.3, 0.4) is 0 Å². The van der Waals surface area contributed by atoms with E-state index in [0.717, 1.165) is 0 Å². The van der Waals surface area contributed by atoms with Gasteiger partial charge in [0.25, 0.3) is 0 Å². The Bertz CT molecular complexity index is 1140. The minimum Gasteiger partial charge on any atom is -0.480 e. The van der Waals surface area contributed by atoms with Crippen LogP contribution in [0.5, 0.6) is 11.9 Å². The zero-order valence-corrected chi connectivity index (χ0v) is 16.5. The van der Waals surface area contributed by atoms with Gasteiger partial charge < -0.3 is 9.47 Å². The molecule has 30 heavy (non-hydrogen) atoms. The van der Waals surface area contributed by atoms with Crippen molar-refractivity contribution in [1.29, 1.82) is 0 Å². The second kappa shape index (κ2) is 8.02. The van der Waals surface area contributed by atoms with Gasteiger partial charge in [-0.05, 0) is 29.9 Å². The molecule has 0 amide bonds. The quantitative estimate of drug-likeness (QED) is 0.595. The van der Waals surface area contributed by atoms with E-state index >= 15 is 0 Å². The number of aryl methyl sites for hydroxylation is 1. The van der Waals surface area contributed by atoms with Crippen LogP contribution < -0.4 is 9.47 Å². The molecule has 10 heteroatoms. The van der Waals surface area contributed by atoms with Crippen LogP contribution >= 0.6 is 0 Å². The molecule has 0 aromatic carbocycles. The maximum Gasteiger partial charge on any atom is 0.319 e. The molecule has 0 spiro atoms. The summed E-state index contributed by atoms with van der Waals surface area (Å²) in [6.07, 6.45) is 2.85. The van der Waals surface area contributed by atoms with Gasteiger partial charge >= 0.3 is 6.01 Å². The minimum atomic E-state index is -2.40. The van der Waals surface area contributed by atoms with Gasteiger partial charge in [0.05, 0.1) is 31.5 Å². The van der Waals surface area contributed by atoms with Crippen molar-refractivity contribution in [2.24, 2.45) is 13.0 Å². The standard InChI is InChI=1S/C20H18F2N6O2/c1-28-10-11(8-24-28)4-5-16-13(12-6-14(12)18(21)22)7-17(27-26-16)15-9-23-20(30-3)25-19(15)29-2/h7-10,12,14,18H,6H2,1-3H3/t12?,14-/m0/s1. The first-order valence-electron chi connectivity index (χ1n) is 9.12. The molecule has 3 aromatic rings. The summed E-state index contributed by atoms with van der Waals surface area (Å²) in [5, 5.41) is 12.5. The number of halogens is 2. The molecule has 8 nitrogen and oxygen atoms in total. The smallest absolute Gasteiger partial charge is 0.319 e. The molecule has 1 aliphatic carbocycles. The SMILES string of the molecule is COc1ncc(-c2cc(C3C[C@@H]3C(F)F)c(C#Cc3cnn(C)c3)nn2)c(OC)n1. The van der Waals surface area contributed by atoms with Gasteiger partial charge in [-0.25, -0.2) is 13.8 Å². The average molecular weight is 412 g/mol. The zero-order chi connectivity index (χ0) is 21.3. The van der Waals surface area contributed by atoms with Gasteiger partial charge in [0.1, 0.15) is 11.4 Å². The van der Waals surface area contributed by atoms with Gasteiger partial charge in [-0.1, -0.05) is 5.92 Å². The van der Waals surface area contributed by atoms with Crippen LogP contribution in [-0.4, -0.2) is 50.6 Å². The highest BCUT2D eigenvalue weighted by Crippen LogP contribution is 2.52. The first-order chi connectivity index (χ1) is 14.5. The third kappa shape index (κ3) is 3.91. The summed E-state index contributed by atoms with van der Waals surface area (Å²) in [5.74, 6) is 5.11. The third-order valence-corrected chi connectivity index (χ3v) is 4.80. The van der Waals surface area contributed by atoms with E-state index in [4.69, 9.17) is 9.47 Å².